The number of nitrogens with two attached hydrogens (primary N) is 1. The molecule has 23 heavy (non-hydrogen) atoms. The van der Waals surface area contributed by atoms with Gasteiger partial charge >= 0.3 is 0 Å². The summed E-state index contributed by atoms with van der Waals surface area (Å²) in [5.41, 5.74) is 5.57. The van der Waals surface area contributed by atoms with Gasteiger partial charge in [0.05, 0.1) is 0 Å². The van der Waals surface area contributed by atoms with Crippen LogP contribution in [0.25, 0.3) is 0 Å². The second kappa shape index (κ2) is 10.1. The number of hydrogen-bond acceptors (Lipinski definition) is 4. The highest BCUT2D eigenvalue weighted by Crippen LogP contribution is 2.13. The van der Waals surface area contributed by atoms with Gasteiger partial charge in [-0.25, -0.2) is 0 Å². The number of carbonyl (C=O) groups is 2. The molecule has 1 aromatic rings. The lowest BCUT2D eigenvalue weighted by Crippen LogP contribution is -2.34. The monoisotopic (exact) mass is 341 g/mol. The molecular weight excluding hydrogens is 318 g/mol. The summed E-state index contributed by atoms with van der Waals surface area (Å²) in [5, 5.41) is 6.23. The van der Waals surface area contributed by atoms with Crippen LogP contribution in [0.4, 0.5) is 0 Å². The van der Waals surface area contributed by atoms with E-state index in [0.29, 0.717) is 23.8 Å². The normalized spacial score (nSPS) is 17.0. The average Bonchev–Trinajstić information content (AvgIpc) is 2.54. The molecule has 0 aromatic heterocycles. The Morgan fingerprint density at radius 2 is 2.04 bits per heavy atom. The molecule has 6 nitrogen and oxygen atoms in total. The van der Waals surface area contributed by atoms with E-state index in [4.69, 9.17) is 10.5 Å². The molecule has 1 unspecified atom stereocenters. The molecule has 0 saturated carbocycles. The molecule has 1 fully saturated rings. The molecule has 128 valence electrons. The van der Waals surface area contributed by atoms with E-state index < -0.39 is 5.91 Å². The van der Waals surface area contributed by atoms with Gasteiger partial charge in [0.1, 0.15) is 5.75 Å². The average molecular weight is 342 g/mol. The lowest BCUT2D eigenvalue weighted by molar-refractivity contribution is -0.123. The van der Waals surface area contributed by atoms with Crippen LogP contribution in [0, 0.1) is 5.92 Å². The van der Waals surface area contributed by atoms with Crippen LogP contribution in [0.5, 0.6) is 5.75 Å². The Kier molecular flexibility index (Phi) is 8.43. The van der Waals surface area contributed by atoms with E-state index >= 15 is 0 Å². The zero-order chi connectivity index (χ0) is 15.8. The highest BCUT2D eigenvalue weighted by atomic mass is 35.5. The first-order valence-electron chi connectivity index (χ1n) is 7.65. The summed E-state index contributed by atoms with van der Waals surface area (Å²) < 4.78 is 5.37. The van der Waals surface area contributed by atoms with Crippen LogP contribution in [-0.4, -0.2) is 38.1 Å². The van der Waals surface area contributed by atoms with Gasteiger partial charge in [-0.3, -0.25) is 9.59 Å². The van der Waals surface area contributed by atoms with Crippen LogP contribution < -0.4 is 21.1 Å². The molecule has 1 saturated heterocycles. The highest BCUT2D eigenvalue weighted by Gasteiger charge is 2.12. The summed E-state index contributed by atoms with van der Waals surface area (Å²) in [4.78, 5) is 22.6. The number of ether oxygens (including phenoxy) is 1. The summed E-state index contributed by atoms with van der Waals surface area (Å²) in [6, 6.07) is 6.40. The highest BCUT2D eigenvalue weighted by molar-refractivity contribution is 5.92. The van der Waals surface area contributed by atoms with Gasteiger partial charge in [-0.2, -0.15) is 0 Å². The molecule has 0 aliphatic carbocycles. The number of benzene rings is 1. The summed E-state index contributed by atoms with van der Waals surface area (Å²) in [6.07, 6.45) is 3.43. The van der Waals surface area contributed by atoms with Gasteiger partial charge < -0.3 is 21.1 Å². The Morgan fingerprint density at radius 1 is 1.30 bits per heavy atom. The van der Waals surface area contributed by atoms with Gasteiger partial charge in [-0.05, 0) is 62.5 Å². The minimum absolute atomic E-state index is 0. The fraction of sp³-hybridized carbons (Fsp3) is 0.500. The number of piperidine rings is 1. The van der Waals surface area contributed by atoms with E-state index in [2.05, 4.69) is 10.6 Å². The zero-order valence-electron chi connectivity index (χ0n) is 13.0. The van der Waals surface area contributed by atoms with Crippen molar-refractivity contribution in [3.8, 4) is 5.75 Å². The first-order chi connectivity index (χ1) is 10.6. The Balaban J connectivity index is 0.00000264. The van der Waals surface area contributed by atoms with Gasteiger partial charge in [0.15, 0.2) is 6.61 Å². The summed E-state index contributed by atoms with van der Waals surface area (Å²) in [6.45, 7) is 2.79. The van der Waals surface area contributed by atoms with Crippen molar-refractivity contribution in [3.63, 3.8) is 0 Å². The van der Waals surface area contributed by atoms with E-state index in [1.54, 1.807) is 24.3 Å². The number of halogens is 1. The molecule has 0 bridgehead atoms. The number of carbonyl (C=O) groups excluding carboxylic acids is 2. The van der Waals surface area contributed by atoms with Gasteiger partial charge in [0.25, 0.3) is 5.91 Å². The van der Waals surface area contributed by atoms with Crippen molar-refractivity contribution >= 4 is 24.2 Å². The fourth-order valence-corrected chi connectivity index (χ4v) is 2.50. The van der Waals surface area contributed by atoms with Crippen molar-refractivity contribution in [2.24, 2.45) is 11.7 Å². The van der Waals surface area contributed by atoms with Gasteiger partial charge in [0.2, 0.25) is 5.91 Å². The van der Waals surface area contributed by atoms with Crippen LogP contribution in [0.3, 0.4) is 0 Å². The number of primary amides is 1. The van der Waals surface area contributed by atoms with Crippen LogP contribution in [0.2, 0.25) is 0 Å². The van der Waals surface area contributed by atoms with Crippen LogP contribution in [0.1, 0.15) is 29.6 Å². The summed E-state index contributed by atoms with van der Waals surface area (Å²) in [7, 11) is 0. The molecular formula is C16H24ClN3O3. The first-order valence-corrected chi connectivity index (χ1v) is 7.65. The van der Waals surface area contributed by atoms with Crippen molar-refractivity contribution < 1.29 is 14.3 Å². The van der Waals surface area contributed by atoms with Crippen molar-refractivity contribution in [2.45, 2.75) is 19.3 Å². The molecule has 0 spiro atoms. The Bertz CT molecular complexity index is 502. The molecule has 2 rings (SSSR count). The van der Waals surface area contributed by atoms with Crippen molar-refractivity contribution in [1.82, 2.24) is 10.6 Å². The lowest BCUT2D eigenvalue weighted by Gasteiger charge is -2.22. The maximum Gasteiger partial charge on any atom is 0.257 e. The predicted molar refractivity (Wildman–Crippen MR) is 90.9 cm³/mol. The third-order valence-corrected chi connectivity index (χ3v) is 3.78. The Hall–Kier alpha value is -1.79. The lowest BCUT2D eigenvalue weighted by atomic mass is 9.96. The maximum atomic E-state index is 11.7. The SMILES string of the molecule is Cl.NC(=O)c1ccc(OCC(=O)NCCC2CCCNC2)cc1. The predicted octanol–water partition coefficient (Wildman–Crippen LogP) is 1.09. The van der Waals surface area contributed by atoms with E-state index in [1.807, 2.05) is 0 Å². The second-order valence-corrected chi connectivity index (χ2v) is 5.53. The minimum Gasteiger partial charge on any atom is -0.484 e. The van der Waals surface area contributed by atoms with E-state index in [1.165, 1.54) is 12.8 Å². The molecule has 1 aliphatic rings. The van der Waals surface area contributed by atoms with Crippen LogP contribution in [-0.2, 0) is 4.79 Å². The molecule has 0 radical (unpaired) electrons. The smallest absolute Gasteiger partial charge is 0.257 e. The van der Waals surface area contributed by atoms with E-state index in [9.17, 15) is 9.59 Å². The number of amides is 2. The largest absolute Gasteiger partial charge is 0.484 e. The first kappa shape index (κ1) is 19.3. The minimum atomic E-state index is -0.485. The van der Waals surface area contributed by atoms with Gasteiger partial charge in [-0.1, -0.05) is 0 Å². The molecule has 4 N–H and O–H groups in total. The molecule has 1 atom stereocenters. The maximum absolute atomic E-state index is 11.7. The van der Waals surface area contributed by atoms with Crippen LogP contribution in [0.15, 0.2) is 24.3 Å². The van der Waals surface area contributed by atoms with Crippen molar-refractivity contribution in [3.05, 3.63) is 29.8 Å². The number of nitrogens with one attached hydrogen (secondary N) is 2. The number of hydrogen-bond donors (Lipinski definition) is 3. The third kappa shape index (κ3) is 6.88. The zero-order valence-corrected chi connectivity index (χ0v) is 13.9. The molecule has 7 heteroatoms. The molecule has 2 amide bonds. The van der Waals surface area contributed by atoms with E-state index in [-0.39, 0.29) is 24.9 Å². The quantitative estimate of drug-likeness (QED) is 0.692. The summed E-state index contributed by atoms with van der Waals surface area (Å²) in [5.74, 6) is 0.567. The fourth-order valence-electron chi connectivity index (χ4n) is 2.50. The number of rotatable bonds is 7. The van der Waals surface area contributed by atoms with Crippen molar-refractivity contribution in [1.29, 1.82) is 0 Å². The van der Waals surface area contributed by atoms with Gasteiger partial charge in [-0.15, -0.1) is 12.4 Å². The molecule has 1 heterocycles. The van der Waals surface area contributed by atoms with Gasteiger partial charge in [0, 0.05) is 12.1 Å². The standard InChI is InChI=1S/C16H23N3O3.ClH/c17-16(21)13-3-5-14(6-4-13)22-11-15(20)19-9-7-12-2-1-8-18-10-12;/h3-6,12,18H,1-2,7-11H2,(H2,17,21)(H,19,20);1H. The van der Waals surface area contributed by atoms with E-state index in [0.717, 1.165) is 19.5 Å². The second-order valence-electron chi connectivity index (χ2n) is 5.53. The Labute approximate surface area is 142 Å². The topological polar surface area (TPSA) is 93.5 Å². The molecule has 1 aliphatic heterocycles. The van der Waals surface area contributed by atoms with Crippen molar-refractivity contribution in [2.75, 3.05) is 26.2 Å². The Morgan fingerprint density at radius 3 is 2.65 bits per heavy atom. The van der Waals surface area contributed by atoms with Crippen LogP contribution >= 0.6 is 12.4 Å². The third-order valence-electron chi connectivity index (χ3n) is 3.78. The molecule has 1 aromatic carbocycles. The summed E-state index contributed by atoms with van der Waals surface area (Å²) >= 11 is 0.